The highest BCUT2D eigenvalue weighted by atomic mass is 16.6. The van der Waals surface area contributed by atoms with E-state index in [1.165, 1.54) is 27.5 Å². The number of imidazole rings is 1. The first-order chi connectivity index (χ1) is 23.0. The van der Waals surface area contributed by atoms with Gasteiger partial charge in [-0.25, -0.2) is 19.1 Å². The first-order valence-electron chi connectivity index (χ1n) is 16.2. The van der Waals surface area contributed by atoms with Crippen molar-refractivity contribution in [3.63, 3.8) is 0 Å². The van der Waals surface area contributed by atoms with Crippen LogP contribution < -0.4 is 21.9 Å². The predicted molar refractivity (Wildman–Crippen MR) is 183 cm³/mol. The second-order valence-corrected chi connectivity index (χ2v) is 14.2. The van der Waals surface area contributed by atoms with Gasteiger partial charge in [-0.15, -0.1) is 0 Å². The average Bonchev–Trinajstić information content (AvgIpc) is 3.63. The Morgan fingerprint density at radius 3 is 2.53 bits per heavy atom. The maximum atomic E-state index is 13.7. The van der Waals surface area contributed by atoms with Crippen LogP contribution in [0.25, 0.3) is 11.0 Å². The number of nitrogens with zero attached hydrogens (tertiary/aromatic N) is 3. The Hall–Kier alpha value is -4.98. The molecule has 14 nitrogen and oxygen atoms in total. The number of allylic oxidation sites excluding steroid dienone is 1. The number of anilines is 1. The van der Waals surface area contributed by atoms with Crippen LogP contribution in [0.5, 0.6) is 0 Å². The molecule has 0 aliphatic carbocycles. The monoisotopic (exact) mass is 678 g/mol. The quantitative estimate of drug-likeness (QED) is 0.249. The van der Waals surface area contributed by atoms with E-state index in [-0.39, 0.29) is 42.9 Å². The van der Waals surface area contributed by atoms with Crippen molar-refractivity contribution in [3.05, 3.63) is 70.4 Å². The molecule has 1 aliphatic heterocycles. The lowest BCUT2D eigenvalue weighted by atomic mass is 9.88. The van der Waals surface area contributed by atoms with Gasteiger partial charge in [0, 0.05) is 12.6 Å². The Labute approximate surface area is 285 Å². The van der Waals surface area contributed by atoms with E-state index in [9.17, 15) is 24.0 Å². The Kier molecular flexibility index (Phi) is 11.7. The van der Waals surface area contributed by atoms with Gasteiger partial charge in [0.25, 0.3) is 5.56 Å². The number of hydrogen-bond acceptors (Lipinski definition) is 9. The number of nitrogens with one attached hydrogen (secondary N) is 2. The zero-order valence-electron chi connectivity index (χ0n) is 28.9. The van der Waals surface area contributed by atoms with Gasteiger partial charge in [0.2, 0.25) is 11.8 Å². The first-order valence-corrected chi connectivity index (χ1v) is 16.2. The van der Waals surface area contributed by atoms with Gasteiger partial charge in [-0.3, -0.25) is 14.4 Å². The molecule has 3 heterocycles. The van der Waals surface area contributed by atoms with Gasteiger partial charge in [-0.05, 0) is 75.3 Å². The topological polar surface area (TPSA) is 186 Å². The highest BCUT2D eigenvalue weighted by Gasteiger charge is 2.27. The Balaban J connectivity index is 1.63. The lowest BCUT2D eigenvalue weighted by Crippen LogP contribution is -2.45. The highest BCUT2D eigenvalue weighted by Crippen LogP contribution is 2.28. The molecule has 14 heteroatoms. The summed E-state index contributed by atoms with van der Waals surface area (Å²) < 4.78 is 19.0. The normalized spacial score (nSPS) is 15.7. The van der Waals surface area contributed by atoms with E-state index in [1.54, 1.807) is 32.9 Å². The molecule has 1 aromatic carbocycles. The van der Waals surface area contributed by atoms with Crippen molar-refractivity contribution in [2.24, 2.45) is 11.1 Å². The third-order valence-corrected chi connectivity index (χ3v) is 7.40. The van der Waals surface area contributed by atoms with Crippen LogP contribution in [-0.4, -0.2) is 69.1 Å². The zero-order valence-corrected chi connectivity index (χ0v) is 28.9. The summed E-state index contributed by atoms with van der Waals surface area (Å²) in [5.41, 5.74) is 5.83. The van der Waals surface area contributed by atoms with Gasteiger partial charge in [-0.1, -0.05) is 39.0 Å². The van der Waals surface area contributed by atoms with Crippen LogP contribution in [0.2, 0.25) is 0 Å². The van der Waals surface area contributed by atoms with Gasteiger partial charge in [0.1, 0.15) is 29.3 Å². The molecule has 1 fully saturated rings. The number of para-hydroxylation sites is 1. The van der Waals surface area contributed by atoms with E-state index in [0.29, 0.717) is 30.5 Å². The molecule has 4 N–H and O–H groups in total. The Morgan fingerprint density at radius 1 is 1.12 bits per heavy atom. The fourth-order valence-electron chi connectivity index (χ4n) is 5.33. The molecule has 1 aliphatic rings. The van der Waals surface area contributed by atoms with Crippen LogP contribution in [0.4, 0.5) is 15.3 Å². The molecule has 2 unspecified atom stereocenters. The number of aromatic nitrogens is 3. The maximum absolute atomic E-state index is 13.7. The minimum absolute atomic E-state index is 0.0554. The number of rotatable bonds is 11. The first kappa shape index (κ1) is 36.8. The fraction of sp³-hybridized carbons (Fsp3) is 0.486. The number of carbonyl (C=O) groups excluding carboxylic acids is 4. The number of primary amides is 1. The van der Waals surface area contributed by atoms with E-state index >= 15 is 0 Å². The number of alkyl carbamates (subject to hydrolysis) is 1. The van der Waals surface area contributed by atoms with Gasteiger partial charge in [-0.2, -0.15) is 0 Å². The van der Waals surface area contributed by atoms with Crippen molar-refractivity contribution in [2.45, 2.75) is 91.5 Å². The lowest BCUT2D eigenvalue weighted by Gasteiger charge is -2.21. The molecule has 264 valence electrons. The van der Waals surface area contributed by atoms with E-state index in [0.717, 1.165) is 11.6 Å². The third kappa shape index (κ3) is 10.5. The van der Waals surface area contributed by atoms with Crippen molar-refractivity contribution < 1.29 is 33.4 Å². The fourth-order valence-corrected chi connectivity index (χ4v) is 5.33. The van der Waals surface area contributed by atoms with Gasteiger partial charge >= 0.3 is 12.2 Å². The number of ether oxygens (including phenoxy) is 3. The van der Waals surface area contributed by atoms with Crippen LogP contribution in [0.15, 0.2) is 53.5 Å². The van der Waals surface area contributed by atoms with E-state index in [4.69, 9.17) is 24.9 Å². The van der Waals surface area contributed by atoms with E-state index < -0.39 is 47.3 Å². The molecule has 1 saturated heterocycles. The summed E-state index contributed by atoms with van der Waals surface area (Å²) in [4.78, 5) is 69.2. The van der Waals surface area contributed by atoms with Crippen LogP contribution in [0, 0.1) is 5.41 Å². The van der Waals surface area contributed by atoms with Crippen LogP contribution >= 0.6 is 0 Å². The largest absolute Gasteiger partial charge is 0.444 e. The minimum atomic E-state index is -1.11. The second kappa shape index (κ2) is 15.5. The SMILES string of the molecule is CC(C)(C)Cc1cccc2c1nc(Cn1cccc(NC(=O)C(CC/C=C/C(N)=O)NC(=O)OC3CCOC3)c1=O)n2C(=O)OC(C)(C)C. The van der Waals surface area contributed by atoms with E-state index in [2.05, 4.69) is 31.4 Å². The number of carbonyl (C=O) groups is 4. The molecule has 0 spiro atoms. The second-order valence-electron chi connectivity index (χ2n) is 14.2. The molecular formula is C35H46N6O8. The standard InChI is InChI=1S/C35H46N6O8/c1-34(2,3)19-22-11-9-14-26-29(22)39-28(41(26)33(46)49-35(4,5)6)20-40-17-10-13-25(31(40)44)37-30(43)24(12-7-8-15-27(36)42)38-32(45)48-23-16-18-47-21-23/h8-11,13-15,17,23-24H,7,12,16,18-21H2,1-6H3,(H2,36,42)(H,37,43)(H,38,45)/b15-8+. The van der Waals surface area contributed by atoms with E-state index in [1.807, 2.05) is 12.1 Å². The molecule has 0 radical (unpaired) electrons. The van der Waals surface area contributed by atoms with Crippen LogP contribution in [-0.2, 0) is 36.8 Å². The Bertz CT molecular complexity index is 1770. The van der Waals surface area contributed by atoms with Crippen molar-refractivity contribution in [1.82, 2.24) is 19.4 Å². The van der Waals surface area contributed by atoms with Crippen LogP contribution in [0.3, 0.4) is 0 Å². The summed E-state index contributed by atoms with van der Waals surface area (Å²) in [6, 6.07) is 7.53. The molecule has 49 heavy (non-hydrogen) atoms. The zero-order chi connectivity index (χ0) is 35.9. The number of nitrogens with two attached hydrogens (primary N) is 1. The smallest absolute Gasteiger partial charge is 0.420 e. The molecule has 0 bridgehead atoms. The summed E-state index contributed by atoms with van der Waals surface area (Å²) in [7, 11) is 0. The molecule has 2 atom stereocenters. The van der Waals surface area contributed by atoms with Crippen molar-refractivity contribution >= 4 is 40.7 Å². The summed E-state index contributed by atoms with van der Waals surface area (Å²) in [6.45, 7) is 12.3. The molecule has 3 aromatic rings. The number of hydrogen-bond donors (Lipinski definition) is 3. The summed E-state index contributed by atoms with van der Waals surface area (Å²) in [5.74, 6) is -1.05. The summed E-state index contributed by atoms with van der Waals surface area (Å²) in [5, 5.41) is 5.16. The summed E-state index contributed by atoms with van der Waals surface area (Å²) in [6.07, 6.45) is 3.84. The molecule has 0 saturated carbocycles. The van der Waals surface area contributed by atoms with Gasteiger partial charge in [0.05, 0.1) is 30.8 Å². The molecule has 4 rings (SSSR count). The lowest BCUT2D eigenvalue weighted by molar-refractivity contribution is -0.118. The highest BCUT2D eigenvalue weighted by molar-refractivity contribution is 5.96. The molecule has 3 amide bonds. The van der Waals surface area contributed by atoms with Gasteiger partial charge < -0.3 is 35.1 Å². The number of amides is 3. The predicted octanol–water partition coefficient (Wildman–Crippen LogP) is 4.26. The van der Waals surface area contributed by atoms with Crippen molar-refractivity contribution in [3.8, 4) is 0 Å². The Morgan fingerprint density at radius 2 is 1.88 bits per heavy atom. The number of benzene rings is 1. The number of fused-ring (bicyclic) bond motifs is 1. The maximum Gasteiger partial charge on any atom is 0.420 e. The molecule has 2 aromatic heterocycles. The number of pyridine rings is 1. The summed E-state index contributed by atoms with van der Waals surface area (Å²) >= 11 is 0. The van der Waals surface area contributed by atoms with Crippen LogP contribution in [0.1, 0.15) is 72.2 Å². The van der Waals surface area contributed by atoms with Crippen molar-refractivity contribution in [2.75, 3.05) is 18.5 Å². The van der Waals surface area contributed by atoms with Gasteiger partial charge in [0.15, 0.2) is 0 Å². The minimum Gasteiger partial charge on any atom is -0.444 e. The van der Waals surface area contributed by atoms with Crippen molar-refractivity contribution in [1.29, 1.82) is 0 Å². The molecular weight excluding hydrogens is 632 g/mol. The third-order valence-electron chi connectivity index (χ3n) is 7.40. The average molecular weight is 679 g/mol.